The Morgan fingerprint density at radius 3 is 2.57 bits per heavy atom. The topological polar surface area (TPSA) is 46.2 Å². The van der Waals surface area contributed by atoms with Crippen LogP contribution in [-0.4, -0.2) is 11.1 Å². The van der Waals surface area contributed by atoms with Crippen molar-refractivity contribution in [2.24, 2.45) is 5.73 Å². The second-order valence-corrected chi connectivity index (χ2v) is 3.81. The number of aliphatic hydroxyl groups excluding tert-OH is 1. The first-order chi connectivity index (χ1) is 6.57. The molecule has 0 unspecified atom stereocenters. The van der Waals surface area contributed by atoms with Crippen molar-refractivity contribution < 1.29 is 5.11 Å². The lowest BCUT2D eigenvalue weighted by Gasteiger charge is -2.20. The zero-order chi connectivity index (χ0) is 10.7. The summed E-state index contributed by atoms with van der Waals surface area (Å²) < 4.78 is 0. The van der Waals surface area contributed by atoms with Crippen molar-refractivity contribution in [3.05, 3.63) is 34.9 Å². The molecule has 0 aliphatic heterocycles. The second kappa shape index (κ2) is 4.58. The van der Waals surface area contributed by atoms with Crippen molar-refractivity contribution in [1.29, 1.82) is 0 Å². The fourth-order valence-corrected chi connectivity index (χ4v) is 1.55. The van der Waals surface area contributed by atoms with Gasteiger partial charge in [0.1, 0.15) is 0 Å². The number of rotatable bonds is 3. The minimum Gasteiger partial charge on any atom is -0.387 e. The molecular formula is C12H19NO. The average Bonchev–Trinajstić information content (AvgIpc) is 2.20. The van der Waals surface area contributed by atoms with Gasteiger partial charge in [0, 0.05) is 6.04 Å². The Hall–Kier alpha value is -0.860. The summed E-state index contributed by atoms with van der Waals surface area (Å²) in [5.74, 6) is 0. The minimum atomic E-state index is -0.542. The fraction of sp³-hybridized carbons (Fsp3) is 0.500. The highest BCUT2D eigenvalue weighted by atomic mass is 16.3. The van der Waals surface area contributed by atoms with Crippen LogP contribution in [0.3, 0.4) is 0 Å². The maximum absolute atomic E-state index is 9.97. The van der Waals surface area contributed by atoms with Crippen LogP contribution in [0.5, 0.6) is 0 Å². The number of aliphatic hydroxyl groups is 1. The first-order valence-corrected chi connectivity index (χ1v) is 5.07. The van der Waals surface area contributed by atoms with Gasteiger partial charge in [-0.05, 0) is 37.0 Å². The molecule has 0 amide bonds. The Balaban J connectivity index is 3.01. The molecular weight excluding hydrogens is 174 g/mol. The van der Waals surface area contributed by atoms with E-state index in [-0.39, 0.29) is 6.04 Å². The molecule has 1 aromatic carbocycles. The van der Waals surface area contributed by atoms with Crippen molar-refractivity contribution in [1.82, 2.24) is 0 Å². The normalized spacial score (nSPS) is 15.2. The number of benzene rings is 1. The highest BCUT2D eigenvalue weighted by molar-refractivity contribution is 5.35. The Labute approximate surface area is 85.8 Å². The smallest absolute Gasteiger partial charge is 0.0943 e. The fourth-order valence-electron chi connectivity index (χ4n) is 1.55. The summed E-state index contributed by atoms with van der Waals surface area (Å²) in [6, 6.07) is 5.78. The maximum atomic E-state index is 9.97. The largest absolute Gasteiger partial charge is 0.387 e. The molecule has 3 N–H and O–H groups in total. The summed E-state index contributed by atoms with van der Waals surface area (Å²) in [6.07, 6.45) is 0.244. The van der Waals surface area contributed by atoms with Crippen LogP contribution >= 0.6 is 0 Å². The molecule has 2 atom stereocenters. The molecule has 0 heterocycles. The summed E-state index contributed by atoms with van der Waals surface area (Å²) in [4.78, 5) is 0. The van der Waals surface area contributed by atoms with E-state index in [9.17, 15) is 5.11 Å². The van der Waals surface area contributed by atoms with E-state index < -0.39 is 6.10 Å². The van der Waals surface area contributed by atoms with E-state index in [1.165, 1.54) is 5.56 Å². The first kappa shape index (κ1) is 11.2. The first-order valence-electron chi connectivity index (χ1n) is 5.07. The number of hydrogen-bond donors (Lipinski definition) is 2. The maximum Gasteiger partial charge on any atom is 0.0943 e. The highest BCUT2D eigenvalue weighted by Crippen LogP contribution is 2.23. The lowest BCUT2D eigenvalue weighted by molar-refractivity contribution is 0.143. The molecule has 2 heteroatoms. The van der Waals surface area contributed by atoms with Gasteiger partial charge in [-0.1, -0.05) is 25.1 Å². The molecule has 1 rings (SSSR count). The quantitative estimate of drug-likeness (QED) is 0.772. The van der Waals surface area contributed by atoms with Gasteiger partial charge in [0.15, 0.2) is 0 Å². The van der Waals surface area contributed by atoms with E-state index in [1.54, 1.807) is 0 Å². The molecule has 0 fully saturated rings. The van der Waals surface area contributed by atoms with Crippen LogP contribution in [0.4, 0.5) is 0 Å². The summed E-state index contributed by atoms with van der Waals surface area (Å²) >= 11 is 0. The molecule has 2 nitrogen and oxygen atoms in total. The Morgan fingerprint density at radius 1 is 1.36 bits per heavy atom. The molecule has 0 bridgehead atoms. The van der Waals surface area contributed by atoms with Gasteiger partial charge in [-0.15, -0.1) is 0 Å². The highest BCUT2D eigenvalue weighted by Gasteiger charge is 2.17. The van der Waals surface area contributed by atoms with E-state index in [0.29, 0.717) is 0 Å². The zero-order valence-electron chi connectivity index (χ0n) is 9.12. The molecule has 78 valence electrons. The van der Waals surface area contributed by atoms with Gasteiger partial charge >= 0.3 is 0 Å². The molecule has 0 saturated carbocycles. The summed E-state index contributed by atoms with van der Waals surface area (Å²) in [5.41, 5.74) is 9.12. The lowest BCUT2D eigenvalue weighted by atomic mass is 9.94. The molecule has 0 aliphatic rings. The molecule has 0 saturated heterocycles. The zero-order valence-corrected chi connectivity index (χ0v) is 9.12. The van der Waals surface area contributed by atoms with Crippen molar-refractivity contribution in [2.75, 3.05) is 0 Å². The van der Waals surface area contributed by atoms with Crippen LogP contribution in [0.25, 0.3) is 0 Å². The van der Waals surface area contributed by atoms with Crippen LogP contribution in [0.2, 0.25) is 0 Å². The van der Waals surface area contributed by atoms with Gasteiger partial charge in [-0.3, -0.25) is 0 Å². The summed E-state index contributed by atoms with van der Waals surface area (Å²) in [6.45, 7) is 6.05. The van der Waals surface area contributed by atoms with Gasteiger partial charge in [0.2, 0.25) is 0 Å². The molecule has 0 radical (unpaired) electrons. The van der Waals surface area contributed by atoms with Gasteiger partial charge in [-0.25, -0.2) is 0 Å². The summed E-state index contributed by atoms with van der Waals surface area (Å²) in [7, 11) is 0. The van der Waals surface area contributed by atoms with E-state index in [1.807, 2.05) is 39.0 Å². The predicted octanol–water partition coefficient (Wildman–Crippen LogP) is 2.07. The monoisotopic (exact) mass is 193 g/mol. The van der Waals surface area contributed by atoms with Crippen LogP contribution in [0.1, 0.15) is 36.1 Å². The van der Waals surface area contributed by atoms with Crippen molar-refractivity contribution in [3.63, 3.8) is 0 Å². The van der Waals surface area contributed by atoms with E-state index >= 15 is 0 Å². The number of hydrogen-bond acceptors (Lipinski definition) is 2. The van der Waals surface area contributed by atoms with Gasteiger partial charge in [0.25, 0.3) is 0 Å². The standard InChI is InChI=1S/C12H19NO/c1-4-11(13)12(14)10-7-5-6-8(2)9(10)3/h5-7,11-12,14H,4,13H2,1-3H3/t11-,12-/m0/s1. The van der Waals surface area contributed by atoms with Gasteiger partial charge in [0.05, 0.1) is 6.10 Å². The molecule has 14 heavy (non-hydrogen) atoms. The van der Waals surface area contributed by atoms with Crippen molar-refractivity contribution in [3.8, 4) is 0 Å². The second-order valence-electron chi connectivity index (χ2n) is 3.81. The van der Waals surface area contributed by atoms with E-state index in [0.717, 1.165) is 17.5 Å². The number of nitrogens with two attached hydrogens (primary N) is 1. The van der Waals surface area contributed by atoms with Gasteiger partial charge in [-0.2, -0.15) is 0 Å². The average molecular weight is 193 g/mol. The van der Waals surface area contributed by atoms with Crippen LogP contribution < -0.4 is 5.73 Å². The van der Waals surface area contributed by atoms with E-state index in [2.05, 4.69) is 0 Å². The van der Waals surface area contributed by atoms with Crippen LogP contribution in [0, 0.1) is 13.8 Å². The van der Waals surface area contributed by atoms with Crippen molar-refractivity contribution in [2.45, 2.75) is 39.3 Å². The third kappa shape index (κ3) is 2.14. The Morgan fingerprint density at radius 2 is 2.00 bits per heavy atom. The Bertz CT molecular complexity index is 309. The number of aryl methyl sites for hydroxylation is 1. The third-order valence-electron chi connectivity index (χ3n) is 2.84. The van der Waals surface area contributed by atoms with Gasteiger partial charge < -0.3 is 10.8 Å². The Kier molecular flexibility index (Phi) is 3.67. The predicted molar refractivity (Wildman–Crippen MR) is 59.1 cm³/mol. The minimum absolute atomic E-state index is 0.171. The third-order valence-corrected chi connectivity index (χ3v) is 2.84. The SMILES string of the molecule is CC[C@H](N)[C@@H](O)c1cccc(C)c1C. The summed E-state index contributed by atoms with van der Waals surface area (Å²) in [5, 5.41) is 9.97. The molecule has 1 aromatic rings. The molecule has 0 spiro atoms. The molecule has 0 aliphatic carbocycles. The lowest BCUT2D eigenvalue weighted by Crippen LogP contribution is -2.27. The van der Waals surface area contributed by atoms with Crippen LogP contribution in [-0.2, 0) is 0 Å². The van der Waals surface area contributed by atoms with Crippen molar-refractivity contribution >= 4 is 0 Å². The molecule has 0 aromatic heterocycles. The van der Waals surface area contributed by atoms with Crippen LogP contribution in [0.15, 0.2) is 18.2 Å². The van der Waals surface area contributed by atoms with E-state index in [4.69, 9.17) is 5.73 Å².